The molecular weight excluding hydrogens is 338 g/mol. The third kappa shape index (κ3) is 3.70. The Balaban J connectivity index is 1.37. The lowest BCUT2D eigenvalue weighted by Gasteiger charge is -2.15. The van der Waals surface area contributed by atoms with Crippen molar-refractivity contribution >= 4 is 11.8 Å². The molecule has 1 aliphatic heterocycles. The number of amides is 2. The summed E-state index contributed by atoms with van der Waals surface area (Å²) >= 11 is 0. The van der Waals surface area contributed by atoms with Gasteiger partial charge < -0.3 is 10.2 Å². The Morgan fingerprint density at radius 3 is 2.59 bits per heavy atom. The maximum absolute atomic E-state index is 12.4. The van der Waals surface area contributed by atoms with Crippen LogP contribution in [-0.2, 0) is 4.79 Å². The molecule has 2 amide bonds. The first kappa shape index (κ1) is 17.3. The Morgan fingerprint density at radius 1 is 1.15 bits per heavy atom. The molecule has 1 saturated carbocycles. The molecule has 0 bridgehead atoms. The van der Waals surface area contributed by atoms with Crippen LogP contribution in [0.25, 0.3) is 11.1 Å². The van der Waals surface area contributed by atoms with Crippen molar-refractivity contribution in [1.29, 1.82) is 5.26 Å². The molecule has 1 heterocycles. The fraction of sp³-hybridized carbons (Fsp3) is 0.318. The van der Waals surface area contributed by atoms with Crippen molar-refractivity contribution in [3.05, 3.63) is 59.7 Å². The first-order valence-corrected chi connectivity index (χ1v) is 9.33. The smallest absolute Gasteiger partial charge is 0.251 e. The van der Waals surface area contributed by atoms with E-state index < -0.39 is 0 Å². The quantitative estimate of drug-likeness (QED) is 0.892. The van der Waals surface area contributed by atoms with Crippen molar-refractivity contribution in [2.45, 2.75) is 25.3 Å². The molecule has 0 radical (unpaired) electrons. The summed E-state index contributed by atoms with van der Waals surface area (Å²) in [6.07, 6.45) is 2.76. The largest absolute Gasteiger partial charge is 0.352 e. The molecule has 0 spiro atoms. The number of hydrogen-bond donors (Lipinski definition) is 1. The van der Waals surface area contributed by atoms with Crippen LogP contribution in [0.2, 0.25) is 0 Å². The zero-order valence-corrected chi connectivity index (χ0v) is 15.0. The van der Waals surface area contributed by atoms with Crippen molar-refractivity contribution in [2.75, 3.05) is 13.1 Å². The molecule has 1 N–H and O–H groups in total. The summed E-state index contributed by atoms with van der Waals surface area (Å²) in [7, 11) is 0. The molecule has 1 aliphatic carbocycles. The van der Waals surface area contributed by atoms with E-state index >= 15 is 0 Å². The monoisotopic (exact) mass is 359 g/mol. The highest BCUT2D eigenvalue weighted by atomic mass is 16.2. The van der Waals surface area contributed by atoms with Crippen LogP contribution in [0.5, 0.6) is 0 Å². The van der Waals surface area contributed by atoms with E-state index in [9.17, 15) is 14.9 Å². The van der Waals surface area contributed by atoms with Gasteiger partial charge in [0.05, 0.1) is 11.6 Å². The van der Waals surface area contributed by atoms with Gasteiger partial charge in [-0.3, -0.25) is 9.59 Å². The fourth-order valence-corrected chi connectivity index (χ4v) is 3.66. The number of nitriles is 1. The standard InChI is InChI=1S/C22H21N3O2/c23-12-18-3-1-2-4-20(18)16-5-7-17(8-6-16)22(27)24-13-15-11-21(26)25(14-15)19-9-10-19/h1-8,15,19H,9-11,13-14H2,(H,24,27)/t15-/m0/s1. The van der Waals surface area contributed by atoms with Gasteiger partial charge in [0.2, 0.25) is 5.91 Å². The second-order valence-corrected chi connectivity index (χ2v) is 7.29. The zero-order valence-electron chi connectivity index (χ0n) is 15.0. The van der Waals surface area contributed by atoms with E-state index in [1.54, 1.807) is 18.2 Å². The second-order valence-electron chi connectivity index (χ2n) is 7.29. The fourth-order valence-electron chi connectivity index (χ4n) is 3.66. The molecule has 27 heavy (non-hydrogen) atoms. The summed E-state index contributed by atoms with van der Waals surface area (Å²) in [6, 6.07) is 17.3. The van der Waals surface area contributed by atoms with Crippen molar-refractivity contribution in [3.8, 4) is 17.2 Å². The predicted molar refractivity (Wildman–Crippen MR) is 102 cm³/mol. The lowest BCUT2D eigenvalue weighted by atomic mass is 9.99. The van der Waals surface area contributed by atoms with E-state index in [0.717, 1.165) is 30.5 Å². The average Bonchev–Trinajstić information content (AvgIpc) is 3.48. The topological polar surface area (TPSA) is 73.2 Å². The molecule has 136 valence electrons. The predicted octanol–water partition coefficient (Wildman–Crippen LogP) is 2.97. The number of carbonyl (C=O) groups excluding carboxylic acids is 2. The Kier molecular flexibility index (Phi) is 4.64. The van der Waals surface area contributed by atoms with Crippen LogP contribution < -0.4 is 5.32 Å². The summed E-state index contributed by atoms with van der Waals surface area (Å²) in [5.41, 5.74) is 2.96. The first-order valence-electron chi connectivity index (χ1n) is 9.33. The third-order valence-corrected chi connectivity index (χ3v) is 5.28. The Hall–Kier alpha value is -3.13. The van der Waals surface area contributed by atoms with E-state index in [1.807, 2.05) is 35.2 Å². The highest BCUT2D eigenvalue weighted by Gasteiger charge is 2.39. The van der Waals surface area contributed by atoms with Crippen LogP contribution in [0.15, 0.2) is 48.5 Å². The van der Waals surface area contributed by atoms with Crippen LogP contribution in [0, 0.1) is 17.2 Å². The zero-order chi connectivity index (χ0) is 18.8. The highest BCUT2D eigenvalue weighted by molar-refractivity contribution is 5.94. The number of likely N-dealkylation sites (tertiary alicyclic amines) is 1. The molecule has 1 saturated heterocycles. The van der Waals surface area contributed by atoms with Crippen molar-refractivity contribution in [1.82, 2.24) is 10.2 Å². The number of hydrogen-bond acceptors (Lipinski definition) is 3. The van der Waals surface area contributed by atoms with Gasteiger partial charge >= 0.3 is 0 Å². The lowest BCUT2D eigenvalue weighted by Crippen LogP contribution is -2.32. The number of benzene rings is 2. The maximum atomic E-state index is 12.4. The maximum Gasteiger partial charge on any atom is 0.251 e. The third-order valence-electron chi connectivity index (χ3n) is 5.28. The Morgan fingerprint density at radius 2 is 1.89 bits per heavy atom. The van der Waals surface area contributed by atoms with Crippen molar-refractivity contribution in [2.24, 2.45) is 5.92 Å². The van der Waals surface area contributed by atoms with Gasteiger partial charge in [0.15, 0.2) is 0 Å². The minimum Gasteiger partial charge on any atom is -0.352 e. The molecule has 2 aliphatic rings. The Bertz CT molecular complexity index is 910. The molecule has 2 aromatic rings. The van der Waals surface area contributed by atoms with Gasteiger partial charge in [0, 0.05) is 37.0 Å². The summed E-state index contributed by atoms with van der Waals surface area (Å²) in [5.74, 6) is 0.286. The molecule has 0 aromatic heterocycles. The van der Waals surface area contributed by atoms with E-state index in [0.29, 0.717) is 30.1 Å². The van der Waals surface area contributed by atoms with E-state index in [2.05, 4.69) is 11.4 Å². The van der Waals surface area contributed by atoms with Gasteiger partial charge in [-0.15, -0.1) is 0 Å². The van der Waals surface area contributed by atoms with E-state index in [1.165, 1.54) is 0 Å². The summed E-state index contributed by atoms with van der Waals surface area (Å²) < 4.78 is 0. The first-order chi connectivity index (χ1) is 13.2. The molecular formula is C22H21N3O2. The molecule has 0 unspecified atom stereocenters. The number of rotatable bonds is 5. The minimum atomic E-state index is -0.132. The van der Waals surface area contributed by atoms with Crippen LogP contribution >= 0.6 is 0 Å². The average molecular weight is 359 g/mol. The SMILES string of the molecule is N#Cc1ccccc1-c1ccc(C(=O)NC[C@@H]2CC(=O)N(C3CC3)C2)cc1. The summed E-state index contributed by atoms with van der Waals surface area (Å²) in [6.45, 7) is 1.28. The number of nitrogens with zero attached hydrogens (tertiary/aromatic N) is 2. The van der Waals surface area contributed by atoms with Gasteiger partial charge in [0.1, 0.15) is 0 Å². The van der Waals surface area contributed by atoms with Crippen LogP contribution in [-0.4, -0.2) is 35.8 Å². The van der Waals surface area contributed by atoms with Gasteiger partial charge in [-0.1, -0.05) is 30.3 Å². The number of nitrogens with one attached hydrogen (secondary N) is 1. The van der Waals surface area contributed by atoms with Gasteiger partial charge in [-0.05, 0) is 42.2 Å². The normalized spacial score (nSPS) is 19.0. The van der Waals surface area contributed by atoms with Gasteiger partial charge in [-0.2, -0.15) is 5.26 Å². The van der Waals surface area contributed by atoms with E-state index in [4.69, 9.17) is 0 Å². The minimum absolute atomic E-state index is 0.132. The molecule has 1 atom stereocenters. The van der Waals surface area contributed by atoms with Crippen LogP contribution in [0.3, 0.4) is 0 Å². The highest BCUT2D eigenvalue weighted by Crippen LogP contribution is 2.32. The number of carbonyl (C=O) groups is 2. The second kappa shape index (κ2) is 7.24. The Labute approximate surface area is 158 Å². The molecule has 2 fully saturated rings. The van der Waals surface area contributed by atoms with Gasteiger partial charge in [-0.25, -0.2) is 0 Å². The molecule has 4 rings (SSSR count). The molecule has 5 nitrogen and oxygen atoms in total. The lowest BCUT2D eigenvalue weighted by molar-refractivity contribution is -0.128. The van der Waals surface area contributed by atoms with Crippen LogP contribution in [0.1, 0.15) is 35.2 Å². The molecule has 5 heteroatoms. The van der Waals surface area contributed by atoms with E-state index in [-0.39, 0.29) is 17.7 Å². The van der Waals surface area contributed by atoms with Crippen molar-refractivity contribution in [3.63, 3.8) is 0 Å². The van der Waals surface area contributed by atoms with Crippen LogP contribution in [0.4, 0.5) is 0 Å². The summed E-state index contributed by atoms with van der Waals surface area (Å²) in [5, 5.41) is 12.2. The van der Waals surface area contributed by atoms with Crippen molar-refractivity contribution < 1.29 is 9.59 Å². The molecule has 2 aromatic carbocycles. The van der Waals surface area contributed by atoms with Gasteiger partial charge in [0.25, 0.3) is 5.91 Å². The summed E-state index contributed by atoms with van der Waals surface area (Å²) in [4.78, 5) is 26.4.